The summed E-state index contributed by atoms with van der Waals surface area (Å²) < 4.78 is 22.6. The SMILES string of the molecule is NCCC(F)COCCOCCO. The molecule has 0 amide bonds. The van der Waals surface area contributed by atoms with Crippen molar-refractivity contribution in [2.45, 2.75) is 12.6 Å². The van der Waals surface area contributed by atoms with Crippen LogP contribution in [0, 0.1) is 0 Å². The molecule has 0 spiro atoms. The van der Waals surface area contributed by atoms with Crippen molar-refractivity contribution in [2.75, 3.05) is 39.6 Å². The summed E-state index contributed by atoms with van der Waals surface area (Å²) in [6.07, 6.45) is -0.653. The summed E-state index contributed by atoms with van der Waals surface area (Å²) in [4.78, 5) is 0. The summed E-state index contributed by atoms with van der Waals surface area (Å²) in [6.45, 7) is 1.44. The Labute approximate surface area is 77.8 Å². The van der Waals surface area contributed by atoms with Gasteiger partial charge < -0.3 is 20.3 Å². The average Bonchev–Trinajstić information content (AvgIpc) is 2.11. The van der Waals surface area contributed by atoms with E-state index < -0.39 is 6.17 Å². The van der Waals surface area contributed by atoms with Gasteiger partial charge in [0.05, 0.1) is 33.0 Å². The van der Waals surface area contributed by atoms with Crippen LogP contribution in [0.15, 0.2) is 0 Å². The predicted octanol–water partition coefficient (Wildman–Crippen LogP) is -0.301. The van der Waals surface area contributed by atoms with E-state index in [1.54, 1.807) is 0 Å². The summed E-state index contributed by atoms with van der Waals surface area (Å²) >= 11 is 0. The highest BCUT2D eigenvalue weighted by molar-refractivity contribution is 4.54. The van der Waals surface area contributed by atoms with Crippen molar-refractivity contribution in [1.82, 2.24) is 0 Å². The maximum atomic E-state index is 12.7. The van der Waals surface area contributed by atoms with Gasteiger partial charge in [0.1, 0.15) is 6.17 Å². The molecule has 80 valence electrons. The zero-order valence-electron chi connectivity index (χ0n) is 7.75. The normalized spacial score (nSPS) is 13.2. The number of rotatable bonds is 9. The van der Waals surface area contributed by atoms with E-state index in [0.717, 1.165) is 0 Å². The first-order valence-corrected chi connectivity index (χ1v) is 4.41. The molecular weight excluding hydrogens is 177 g/mol. The highest BCUT2D eigenvalue weighted by Crippen LogP contribution is 1.96. The molecule has 5 heteroatoms. The fraction of sp³-hybridized carbons (Fsp3) is 1.00. The van der Waals surface area contributed by atoms with E-state index in [1.165, 1.54) is 0 Å². The number of hydrogen-bond donors (Lipinski definition) is 2. The summed E-state index contributed by atoms with van der Waals surface area (Å²) in [5, 5.41) is 8.34. The second-order valence-electron chi connectivity index (χ2n) is 2.59. The van der Waals surface area contributed by atoms with Crippen LogP contribution in [0.2, 0.25) is 0 Å². The van der Waals surface area contributed by atoms with Gasteiger partial charge in [-0.2, -0.15) is 0 Å². The number of hydrogen-bond acceptors (Lipinski definition) is 4. The quantitative estimate of drug-likeness (QED) is 0.496. The van der Waals surface area contributed by atoms with Crippen molar-refractivity contribution in [3.8, 4) is 0 Å². The van der Waals surface area contributed by atoms with Gasteiger partial charge in [0, 0.05) is 0 Å². The van der Waals surface area contributed by atoms with Crippen LogP contribution in [-0.4, -0.2) is 50.9 Å². The Morgan fingerprint density at radius 1 is 1.23 bits per heavy atom. The standard InChI is InChI=1S/C8H18FNO3/c9-8(1-2-10)7-13-6-5-12-4-3-11/h8,11H,1-7,10H2. The van der Waals surface area contributed by atoms with Gasteiger partial charge in [-0.05, 0) is 13.0 Å². The number of aliphatic hydroxyl groups excluding tert-OH is 1. The molecule has 0 aromatic carbocycles. The molecule has 4 nitrogen and oxygen atoms in total. The lowest BCUT2D eigenvalue weighted by Crippen LogP contribution is -2.17. The van der Waals surface area contributed by atoms with Crippen LogP contribution in [0.1, 0.15) is 6.42 Å². The topological polar surface area (TPSA) is 64.7 Å². The van der Waals surface area contributed by atoms with Gasteiger partial charge in [0.2, 0.25) is 0 Å². The minimum absolute atomic E-state index is 0.00108. The van der Waals surface area contributed by atoms with Crippen LogP contribution in [0.5, 0.6) is 0 Å². The highest BCUT2D eigenvalue weighted by Gasteiger charge is 2.03. The first-order valence-electron chi connectivity index (χ1n) is 4.41. The van der Waals surface area contributed by atoms with Gasteiger partial charge in [-0.3, -0.25) is 0 Å². The fourth-order valence-corrected chi connectivity index (χ4v) is 0.760. The van der Waals surface area contributed by atoms with Crippen LogP contribution >= 0.6 is 0 Å². The lowest BCUT2D eigenvalue weighted by atomic mass is 10.3. The van der Waals surface area contributed by atoms with E-state index in [-0.39, 0.29) is 13.2 Å². The minimum atomic E-state index is -0.983. The molecule has 0 saturated heterocycles. The number of aliphatic hydroxyl groups is 1. The molecule has 1 unspecified atom stereocenters. The third-order valence-electron chi connectivity index (χ3n) is 1.39. The Morgan fingerprint density at radius 2 is 1.92 bits per heavy atom. The third kappa shape index (κ3) is 9.69. The Kier molecular flexibility index (Phi) is 9.68. The monoisotopic (exact) mass is 195 g/mol. The van der Waals surface area contributed by atoms with Gasteiger partial charge in [-0.15, -0.1) is 0 Å². The van der Waals surface area contributed by atoms with E-state index in [4.69, 9.17) is 20.3 Å². The molecule has 0 aromatic heterocycles. The summed E-state index contributed by atoms with van der Waals surface area (Å²) in [5.41, 5.74) is 5.15. The van der Waals surface area contributed by atoms with E-state index >= 15 is 0 Å². The van der Waals surface area contributed by atoms with Gasteiger partial charge in [-0.1, -0.05) is 0 Å². The molecule has 0 aliphatic rings. The number of halogens is 1. The number of alkyl halides is 1. The molecule has 0 heterocycles. The van der Waals surface area contributed by atoms with Crippen molar-refractivity contribution in [2.24, 2.45) is 5.73 Å². The second kappa shape index (κ2) is 9.85. The smallest absolute Gasteiger partial charge is 0.125 e. The van der Waals surface area contributed by atoms with Crippen molar-refractivity contribution >= 4 is 0 Å². The Bertz CT molecular complexity index is 105. The first kappa shape index (κ1) is 12.8. The molecule has 0 saturated carbocycles. The molecule has 0 fully saturated rings. The van der Waals surface area contributed by atoms with Gasteiger partial charge >= 0.3 is 0 Å². The van der Waals surface area contributed by atoms with E-state index in [0.29, 0.717) is 32.8 Å². The molecule has 1 atom stereocenters. The zero-order valence-corrected chi connectivity index (χ0v) is 7.75. The molecular formula is C8H18FNO3. The van der Waals surface area contributed by atoms with Crippen LogP contribution in [-0.2, 0) is 9.47 Å². The highest BCUT2D eigenvalue weighted by atomic mass is 19.1. The maximum absolute atomic E-state index is 12.7. The van der Waals surface area contributed by atoms with E-state index in [1.807, 2.05) is 0 Å². The lowest BCUT2D eigenvalue weighted by Gasteiger charge is -2.07. The predicted molar refractivity (Wildman–Crippen MR) is 47.3 cm³/mol. The van der Waals surface area contributed by atoms with Gasteiger partial charge in [-0.25, -0.2) is 4.39 Å². The van der Waals surface area contributed by atoms with E-state index in [9.17, 15) is 4.39 Å². The summed E-state index contributed by atoms with van der Waals surface area (Å²) in [7, 11) is 0. The average molecular weight is 195 g/mol. The molecule has 0 aliphatic heterocycles. The van der Waals surface area contributed by atoms with Gasteiger partial charge in [0.15, 0.2) is 0 Å². The summed E-state index contributed by atoms with van der Waals surface area (Å²) in [6, 6.07) is 0. The Balaban J connectivity index is 2.97. The van der Waals surface area contributed by atoms with Crippen molar-refractivity contribution in [3.05, 3.63) is 0 Å². The first-order chi connectivity index (χ1) is 6.31. The largest absolute Gasteiger partial charge is 0.394 e. The summed E-state index contributed by atoms with van der Waals surface area (Å²) in [5.74, 6) is 0. The molecule has 0 rings (SSSR count). The van der Waals surface area contributed by atoms with Crippen molar-refractivity contribution in [3.63, 3.8) is 0 Å². The van der Waals surface area contributed by atoms with Gasteiger partial charge in [0.25, 0.3) is 0 Å². The molecule has 13 heavy (non-hydrogen) atoms. The Hall–Kier alpha value is -0.230. The minimum Gasteiger partial charge on any atom is -0.394 e. The molecule has 0 aliphatic carbocycles. The molecule has 0 aromatic rings. The second-order valence-corrected chi connectivity index (χ2v) is 2.59. The van der Waals surface area contributed by atoms with E-state index in [2.05, 4.69) is 0 Å². The fourth-order valence-electron chi connectivity index (χ4n) is 0.760. The number of nitrogens with two attached hydrogens (primary N) is 1. The van der Waals surface area contributed by atoms with Crippen LogP contribution in [0.3, 0.4) is 0 Å². The molecule has 0 radical (unpaired) electrons. The van der Waals surface area contributed by atoms with Crippen LogP contribution in [0.25, 0.3) is 0 Å². The van der Waals surface area contributed by atoms with Crippen LogP contribution in [0.4, 0.5) is 4.39 Å². The van der Waals surface area contributed by atoms with Crippen molar-refractivity contribution < 1.29 is 19.0 Å². The maximum Gasteiger partial charge on any atom is 0.125 e. The molecule has 0 bridgehead atoms. The zero-order chi connectivity index (χ0) is 9.94. The molecule has 3 N–H and O–H groups in total. The van der Waals surface area contributed by atoms with Crippen molar-refractivity contribution in [1.29, 1.82) is 0 Å². The lowest BCUT2D eigenvalue weighted by molar-refractivity contribution is 0.0157. The number of ether oxygens (including phenoxy) is 2. The Morgan fingerprint density at radius 3 is 2.54 bits per heavy atom. The van der Waals surface area contributed by atoms with Crippen LogP contribution < -0.4 is 5.73 Å². The third-order valence-corrected chi connectivity index (χ3v) is 1.39.